The average molecular weight is 249 g/mol. The SMILES string of the molecule is NCC(CSc1cccs1)c1ccccc1. The Hall–Kier alpha value is -0.770. The molecule has 84 valence electrons. The summed E-state index contributed by atoms with van der Waals surface area (Å²) in [5, 5.41) is 2.11. The van der Waals surface area contributed by atoms with E-state index in [-0.39, 0.29) is 0 Å². The van der Waals surface area contributed by atoms with E-state index in [0.717, 1.165) is 5.75 Å². The summed E-state index contributed by atoms with van der Waals surface area (Å²) in [7, 11) is 0. The molecule has 0 radical (unpaired) electrons. The number of rotatable bonds is 5. The lowest BCUT2D eigenvalue weighted by Gasteiger charge is -2.13. The van der Waals surface area contributed by atoms with Crippen molar-refractivity contribution in [1.29, 1.82) is 0 Å². The molecule has 1 aromatic carbocycles. The van der Waals surface area contributed by atoms with Gasteiger partial charge >= 0.3 is 0 Å². The van der Waals surface area contributed by atoms with Gasteiger partial charge in [-0.05, 0) is 23.6 Å². The minimum absolute atomic E-state index is 0.452. The molecule has 0 fully saturated rings. The highest BCUT2D eigenvalue weighted by Crippen LogP contribution is 2.28. The molecule has 2 N–H and O–H groups in total. The first-order valence-corrected chi connectivity index (χ1v) is 7.18. The van der Waals surface area contributed by atoms with Crippen molar-refractivity contribution in [2.75, 3.05) is 12.3 Å². The molecule has 0 bridgehead atoms. The second-order valence-corrected chi connectivity index (χ2v) is 5.85. The van der Waals surface area contributed by atoms with Crippen molar-refractivity contribution in [3.05, 3.63) is 53.4 Å². The monoisotopic (exact) mass is 249 g/mol. The molecular formula is C13H15NS2. The van der Waals surface area contributed by atoms with Crippen LogP contribution in [0.3, 0.4) is 0 Å². The van der Waals surface area contributed by atoms with Crippen LogP contribution in [-0.2, 0) is 0 Å². The van der Waals surface area contributed by atoms with Gasteiger partial charge in [0.25, 0.3) is 0 Å². The molecule has 2 aromatic rings. The van der Waals surface area contributed by atoms with Crippen LogP contribution in [0.15, 0.2) is 52.1 Å². The van der Waals surface area contributed by atoms with E-state index in [1.54, 1.807) is 11.3 Å². The van der Waals surface area contributed by atoms with Crippen molar-refractivity contribution >= 4 is 23.1 Å². The van der Waals surface area contributed by atoms with E-state index in [1.165, 1.54) is 9.77 Å². The third kappa shape index (κ3) is 3.11. The quantitative estimate of drug-likeness (QED) is 0.820. The molecule has 0 aliphatic carbocycles. The van der Waals surface area contributed by atoms with Crippen LogP contribution >= 0.6 is 23.1 Å². The highest BCUT2D eigenvalue weighted by atomic mass is 32.2. The molecule has 1 atom stereocenters. The van der Waals surface area contributed by atoms with Crippen molar-refractivity contribution in [2.45, 2.75) is 10.1 Å². The van der Waals surface area contributed by atoms with Gasteiger partial charge < -0.3 is 5.73 Å². The van der Waals surface area contributed by atoms with Crippen molar-refractivity contribution in [3.63, 3.8) is 0 Å². The third-order valence-electron chi connectivity index (χ3n) is 2.48. The summed E-state index contributed by atoms with van der Waals surface area (Å²) in [5.41, 5.74) is 7.18. The highest BCUT2D eigenvalue weighted by molar-refractivity contribution is 8.01. The molecule has 0 saturated heterocycles. The Labute approximate surface area is 105 Å². The standard InChI is InChI=1S/C13H15NS2/c14-9-12(11-5-2-1-3-6-11)10-16-13-7-4-8-15-13/h1-8,12H,9-10,14H2. The van der Waals surface area contributed by atoms with E-state index in [1.807, 2.05) is 17.8 Å². The van der Waals surface area contributed by atoms with Gasteiger partial charge in [0.05, 0.1) is 4.21 Å². The van der Waals surface area contributed by atoms with Crippen LogP contribution in [0.2, 0.25) is 0 Å². The van der Waals surface area contributed by atoms with E-state index in [9.17, 15) is 0 Å². The third-order valence-corrected chi connectivity index (χ3v) is 4.77. The molecule has 0 aliphatic heterocycles. The molecule has 0 saturated carbocycles. The maximum Gasteiger partial charge on any atom is 0.0598 e. The van der Waals surface area contributed by atoms with E-state index >= 15 is 0 Å². The minimum atomic E-state index is 0.452. The zero-order chi connectivity index (χ0) is 11.2. The summed E-state index contributed by atoms with van der Waals surface area (Å²) in [4.78, 5) is 0. The predicted octanol–water partition coefficient (Wildman–Crippen LogP) is 3.58. The Morgan fingerprint density at radius 3 is 2.56 bits per heavy atom. The lowest BCUT2D eigenvalue weighted by atomic mass is 10.0. The summed E-state index contributed by atoms with van der Waals surface area (Å²) in [6.45, 7) is 0.711. The second-order valence-electron chi connectivity index (χ2n) is 3.59. The summed E-state index contributed by atoms with van der Waals surface area (Å²) in [6, 6.07) is 14.8. The van der Waals surface area contributed by atoms with Gasteiger partial charge in [0, 0.05) is 11.7 Å². The number of hydrogen-bond donors (Lipinski definition) is 1. The molecule has 0 aliphatic rings. The fraction of sp³-hybridized carbons (Fsp3) is 0.231. The van der Waals surface area contributed by atoms with Crippen LogP contribution in [0.5, 0.6) is 0 Å². The number of benzene rings is 1. The summed E-state index contributed by atoms with van der Waals surface area (Å²) >= 11 is 3.69. The first-order valence-electron chi connectivity index (χ1n) is 5.31. The van der Waals surface area contributed by atoms with Gasteiger partial charge in [-0.1, -0.05) is 36.4 Å². The highest BCUT2D eigenvalue weighted by Gasteiger charge is 2.09. The Kier molecular flexibility index (Phi) is 4.45. The van der Waals surface area contributed by atoms with Gasteiger partial charge in [0.15, 0.2) is 0 Å². The van der Waals surface area contributed by atoms with Gasteiger partial charge in [-0.3, -0.25) is 0 Å². The zero-order valence-corrected chi connectivity index (χ0v) is 10.6. The Bertz CT molecular complexity index is 397. The topological polar surface area (TPSA) is 26.0 Å². The second kappa shape index (κ2) is 6.09. The molecule has 0 amide bonds. The fourth-order valence-corrected chi connectivity index (χ4v) is 3.51. The van der Waals surface area contributed by atoms with E-state index < -0.39 is 0 Å². The van der Waals surface area contributed by atoms with Crippen molar-refractivity contribution in [3.8, 4) is 0 Å². The molecule has 1 heterocycles. The first kappa shape index (κ1) is 11.7. The largest absolute Gasteiger partial charge is 0.330 e. The van der Waals surface area contributed by atoms with Gasteiger partial charge in [0.1, 0.15) is 0 Å². The van der Waals surface area contributed by atoms with Crippen LogP contribution < -0.4 is 5.73 Å². The number of nitrogens with two attached hydrogens (primary N) is 1. The lowest BCUT2D eigenvalue weighted by Crippen LogP contribution is -2.14. The van der Waals surface area contributed by atoms with Crippen LogP contribution in [0.1, 0.15) is 11.5 Å². The molecular weight excluding hydrogens is 234 g/mol. The van der Waals surface area contributed by atoms with E-state index in [2.05, 4.69) is 41.8 Å². The molecule has 0 spiro atoms. The van der Waals surface area contributed by atoms with Crippen molar-refractivity contribution in [2.24, 2.45) is 5.73 Å². The molecule has 16 heavy (non-hydrogen) atoms. The Morgan fingerprint density at radius 1 is 1.12 bits per heavy atom. The van der Waals surface area contributed by atoms with Crippen LogP contribution in [0, 0.1) is 0 Å². The normalized spacial score (nSPS) is 12.6. The fourth-order valence-electron chi connectivity index (χ4n) is 1.55. The van der Waals surface area contributed by atoms with E-state index in [0.29, 0.717) is 12.5 Å². The Balaban J connectivity index is 1.96. The van der Waals surface area contributed by atoms with Crippen LogP contribution in [0.4, 0.5) is 0 Å². The maximum atomic E-state index is 5.83. The number of hydrogen-bond acceptors (Lipinski definition) is 3. The zero-order valence-electron chi connectivity index (χ0n) is 9.00. The lowest BCUT2D eigenvalue weighted by molar-refractivity contribution is 0.785. The molecule has 3 heteroatoms. The Morgan fingerprint density at radius 2 is 1.94 bits per heavy atom. The van der Waals surface area contributed by atoms with Gasteiger partial charge in [-0.15, -0.1) is 23.1 Å². The molecule has 1 nitrogen and oxygen atoms in total. The first-order chi connectivity index (χ1) is 7.90. The summed E-state index contributed by atoms with van der Waals surface area (Å²) < 4.78 is 1.37. The van der Waals surface area contributed by atoms with Crippen LogP contribution in [0.25, 0.3) is 0 Å². The minimum Gasteiger partial charge on any atom is -0.330 e. The van der Waals surface area contributed by atoms with Crippen molar-refractivity contribution < 1.29 is 0 Å². The van der Waals surface area contributed by atoms with Gasteiger partial charge in [0.2, 0.25) is 0 Å². The van der Waals surface area contributed by atoms with Gasteiger partial charge in [-0.25, -0.2) is 0 Å². The van der Waals surface area contributed by atoms with Gasteiger partial charge in [-0.2, -0.15) is 0 Å². The van der Waals surface area contributed by atoms with E-state index in [4.69, 9.17) is 5.73 Å². The predicted molar refractivity (Wildman–Crippen MR) is 73.3 cm³/mol. The number of thioether (sulfide) groups is 1. The molecule has 1 aromatic heterocycles. The molecule has 2 rings (SSSR count). The van der Waals surface area contributed by atoms with Crippen molar-refractivity contribution in [1.82, 2.24) is 0 Å². The number of thiophene rings is 1. The average Bonchev–Trinajstić information content (AvgIpc) is 2.84. The maximum absolute atomic E-state index is 5.83. The van der Waals surface area contributed by atoms with Crippen LogP contribution in [-0.4, -0.2) is 12.3 Å². The summed E-state index contributed by atoms with van der Waals surface area (Å²) in [5.74, 6) is 1.51. The molecule has 1 unspecified atom stereocenters. The summed E-state index contributed by atoms with van der Waals surface area (Å²) in [6.07, 6.45) is 0. The smallest absolute Gasteiger partial charge is 0.0598 e.